The lowest BCUT2D eigenvalue weighted by molar-refractivity contribution is -0.128. The summed E-state index contributed by atoms with van der Waals surface area (Å²) in [6.07, 6.45) is 4.33. The molecule has 1 saturated heterocycles. The number of likely N-dealkylation sites (tertiary alicyclic amines) is 1. The molecule has 1 aliphatic carbocycles. The summed E-state index contributed by atoms with van der Waals surface area (Å²) in [7, 11) is 1.77. The summed E-state index contributed by atoms with van der Waals surface area (Å²) >= 11 is 0. The van der Waals surface area contributed by atoms with Crippen molar-refractivity contribution in [1.29, 1.82) is 0 Å². The Bertz CT molecular complexity index is 360. The monoisotopic (exact) mass is 289 g/mol. The van der Waals surface area contributed by atoms with E-state index in [0.29, 0.717) is 13.0 Å². The molecule has 3 unspecified atom stereocenters. The standard InChI is InChI=1S/C13H23N3O2.ClH/c1-13(14)6-4-3-5-10(13)12(18)15-9-7-11(17)16(2)8-9;/h9-10H,3-8,14H2,1-2H3,(H,15,18);1H. The fraction of sp³-hybridized carbons (Fsp3) is 0.846. The molecule has 19 heavy (non-hydrogen) atoms. The van der Waals surface area contributed by atoms with E-state index >= 15 is 0 Å². The maximum atomic E-state index is 12.3. The number of hydrogen-bond donors (Lipinski definition) is 2. The maximum absolute atomic E-state index is 12.3. The van der Waals surface area contributed by atoms with Gasteiger partial charge in [-0.3, -0.25) is 9.59 Å². The maximum Gasteiger partial charge on any atom is 0.225 e. The number of carbonyl (C=O) groups is 2. The van der Waals surface area contributed by atoms with Gasteiger partial charge in [-0.1, -0.05) is 12.8 Å². The van der Waals surface area contributed by atoms with Gasteiger partial charge in [0.15, 0.2) is 0 Å². The molecule has 3 atom stereocenters. The average molecular weight is 290 g/mol. The van der Waals surface area contributed by atoms with Crippen molar-refractivity contribution >= 4 is 24.2 Å². The number of nitrogens with zero attached hydrogens (tertiary/aromatic N) is 1. The van der Waals surface area contributed by atoms with E-state index in [1.165, 1.54) is 0 Å². The Morgan fingerprint density at radius 3 is 2.68 bits per heavy atom. The summed E-state index contributed by atoms with van der Waals surface area (Å²) in [6.45, 7) is 2.57. The van der Waals surface area contributed by atoms with E-state index in [9.17, 15) is 9.59 Å². The van der Waals surface area contributed by atoms with Gasteiger partial charge in [-0.15, -0.1) is 12.4 Å². The van der Waals surface area contributed by atoms with E-state index in [1.54, 1.807) is 11.9 Å². The fourth-order valence-corrected chi connectivity index (χ4v) is 3.05. The third-order valence-electron chi connectivity index (χ3n) is 4.26. The van der Waals surface area contributed by atoms with Crippen LogP contribution >= 0.6 is 12.4 Å². The highest BCUT2D eigenvalue weighted by Crippen LogP contribution is 2.31. The van der Waals surface area contributed by atoms with E-state index in [0.717, 1.165) is 25.7 Å². The lowest BCUT2D eigenvalue weighted by Crippen LogP contribution is -2.54. The first-order chi connectivity index (χ1) is 8.40. The van der Waals surface area contributed by atoms with Crippen LogP contribution in [0.3, 0.4) is 0 Å². The van der Waals surface area contributed by atoms with Crippen LogP contribution < -0.4 is 11.1 Å². The molecule has 5 nitrogen and oxygen atoms in total. The second-order valence-electron chi connectivity index (χ2n) is 5.99. The predicted octanol–water partition coefficient (Wildman–Crippen LogP) is 0.663. The van der Waals surface area contributed by atoms with Crippen LogP contribution in [0.25, 0.3) is 0 Å². The SMILES string of the molecule is CN1CC(NC(=O)C2CCCCC2(C)N)CC1=O.Cl. The first kappa shape index (κ1) is 16.2. The first-order valence-corrected chi connectivity index (χ1v) is 6.73. The third kappa shape index (κ3) is 3.60. The number of nitrogens with one attached hydrogen (secondary N) is 1. The number of nitrogens with two attached hydrogens (primary N) is 1. The zero-order chi connectivity index (χ0) is 13.3. The number of likely N-dealkylation sites (N-methyl/N-ethyl adjacent to an activating group) is 1. The van der Waals surface area contributed by atoms with Crippen LogP contribution in [0.4, 0.5) is 0 Å². The largest absolute Gasteiger partial charge is 0.351 e. The Morgan fingerprint density at radius 1 is 1.47 bits per heavy atom. The number of carbonyl (C=O) groups excluding carboxylic acids is 2. The molecule has 0 aromatic heterocycles. The third-order valence-corrected chi connectivity index (χ3v) is 4.26. The zero-order valence-corrected chi connectivity index (χ0v) is 12.5. The summed E-state index contributed by atoms with van der Waals surface area (Å²) in [5, 5.41) is 2.98. The molecule has 3 N–H and O–H groups in total. The highest BCUT2D eigenvalue weighted by molar-refractivity contribution is 5.85. The van der Waals surface area contributed by atoms with E-state index in [1.807, 2.05) is 6.92 Å². The van der Waals surface area contributed by atoms with Gasteiger partial charge < -0.3 is 16.0 Å². The summed E-state index contributed by atoms with van der Waals surface area (Å²) < 4.78 is 0. The van der Waals surface area contributed by atoms with Crippen molar-refractivity contribution in [3.8, 4) is 0 Å². The van der Waals surface area contributed by atoms with Gasteiger partial charge in [0.25, 0.3) is 0 Å². The summed E-state index contributed by atoms with van der Waals surface area (Å²) in [5.74, 6) is -0.000451. The van der Waals surface area contributed by atoms with Gasteiger partial charge in [0.2, 0.25) is 11.8 Å². The molecule has 110 valence electrons. The molecule has 1 aliphatic heterocycles. The Morgan fingerprint density at radius 2 is 2.16 bits per heavy atom. The molecule has 0 bridgehead atoms. The van der Waals surface area contributed by atoms with Gasteiger partial charge in [-0.25, -0.2) is 0 Å². The van der Waals surface area contributed by atoms with Crippen LogP contribution in [0.5, 0.6) is 0 Å². The quantitative estimate of drug-likeness (QED) is 0.784. The van der Waals surface area contributed by atoms with Crippen LogP contribution in [0, 0.1) is 5.92 Å². The Hall–Kier alpha value is -0.810. The molecule has 2 aliphatic rings. The Balaban J connectivity index is 0.00000180. The van der Waals surface area contributed by atoms with Gasteiger partial charge in [-0.05, 0) is 19.8 Å². The minimum absolute atomic E-state index is 0. The second-order valence-corrected chi connectivity index (χ2v) is 5.99. The van der Waals surface area contributed by atoms with Gasteiger partial charge in [0.05, 0.1) is 12.0 Å². The van der Waals surface area contributed by atoms with Crippen molar-refractivity contribution in [1.82, 2.24) is 10.2 Å². The molecule has 0 aromatic rings. The van der Waals surface area contributed by atoms with Crippen molar-refractivity contribution in [2.75, 3.05) is 13.6 Å². The molecule has 2 amide bonds. The molecule has 6 heteroatoms. The van der Waals surface area contributed by atoms with Crippen molar-refractivity contribution in [2.45, 2.75) is 50.6 Å². The van der Waals surface area contributed by atoms with Gasteiger partial charge >= 0.3 is 0 Å². The topological polar surface area (TPSA) is 75.4 Å². The Labute approximate surface area is 120 Å². The van der Waals surface area contributed by atoms with Crippen LogP contribution in [-0.4, -0.2) is 41.9 Å². The molecule has 0 aromatic carbocycles. The molecule has 2 rings (SSSR count). The van der Waals surface area contributed by atoms with Gasteiger partial charge in [0, 0.05) is 25.6 Å². The van der Waals surface area contributed by atoms with Crippen molar-refractivity contribution < 1.29 is 9.59 Å². The van der Waals surface area contributed by atoms with E-state index < -0.39 is 5.54 Å². The first-order valence-electron chi connectivity index (χ1n) is 6.73. The zero-order valence-electron chi connectivity index (χ0n) is 11.6. The minimum Gasteiger partial charge on any atom is -0.351 e. The van der Waals surface area contributed by atoms with Crippen LogP contribution in [0.1, 0.15) is 39.0 Å². The van der Waals surface area contributed by atoms with E-state index in [4.69, 9.17) is 5.73 Å². The van der Waals surface area contributed by atoms with Crippen molar-refractivity contribution in [3.05, 3.63) is 0 Å². The van der Waals surface area contributed by atoms with Gasteiger partial charge in [-0.2, -0.15) is 0 Å². The molecule has 0 spiro atoms. The molecule has 2 fully saturated rings. The lowest BCUT2D eigenvalue weighted by atomic mass is 9.74. The number of rotatable bonds is 2. The van der Waals surface area contributed by atoms with E-state index in [2.05, 4.69) is 5.32 Å². The van der Waals surface area contributed by atoms with E-state index in [-0.39, 0.29) is 36.2 Å². The number of amides is 2. The summed E-state index contributed by atoms with van der Waals surface area (Å²) in [4.78, 5) is 25.3. The summed E-state index contributed by atoms with van der Waals surface area (Å²) in [6, 6.07) is -0.0484. The van der Waals surface area contributed by atoms with Gasteiger partial charge in [0.1, 0.15) is 0 Å². The number of hydrogen-bond acceptors (Lipinski definition) is 3. The normalized spacial score (nSPS) is 34.9. The Kier molecular flexibility index (Phi) is 5.21. The van der Waals surface area contributed by atoms with Crippen LogP contribution in [-0.2, 0) is 9.59 Å². The average Bonchev–Trinajstić information content (AvgIpc) is 2.57. The minimum atomic E-state index is -0.406. The smallest absolute Gasteiger partial charge is 0.225 e. The van der Waals surface area contributed by atoms with Crippen molar-refractivity contribution in [2.24, 2.45) is 11.7 Å². The second kappa shape index (κ2) is 6.09. The molecular weight excluding hydrogens is 266 g/mol. The highest BCUT2D eigenvalue weighted by atomic mass is 35.5. The summed E-state index contributed by atoms with van der Waals surface area (Å²) in [5.41, 5.74) is 5.81. The van der Waals surface area contributed by atoms with Crippen LogP contribution in [0.2, 0.25) is 0 Å². The van der Waals surface area contributed by atoms with Crippen molar-refractivity contribution in [3.63, 3.8) is 0 Å². The molecule has 1 saturated carbocycles. The molecular formula is C13H24ClN3O2. The van der Waals surface area contributed by atoms with Crippen LogP contribution in [0.15, 0.2) is 0 Å². The predicted molar refractivity (Wildman–Crippen MR) is 76.0 cm³/mol. The number of halogens is 1. The molecule has 1 heterocycles. The lowest BCUT2D eigenvalue weighted by Gasteiger charge is -2.37. The molecule has 0 radical (unpaired) electrons. The highest BCUT2D eigenvalue weighted by Gasteiger charge is 2.39. The fourth-order valence-electron chi connectivity index (χ4n) is 3.05.